The van der Waals surface area contributed by atoms with Gasteiger partial charge in [-0.1, -0.05) is 38.1 Å². The fourth-order valence-corrected chi connectivity index (χ4v) is 1.90. The summed E-state index contributed by atoms with van der Waals surface area (Å²) in [6, 6.07) is 8.99. The minimum atomic E-state index is 0.221. The van der Waals surface area contributed by atoms with E-state index in [0.29, 0.717) is 5.92 Å². The first-order chi connectivity index (χ1) is 7.72. The van der Waals surface area contributed by atoms with Gasteiger partial charge in [0.1, 0.15) is 0 Å². The van der Waals surface area contributed by atoms with Crippen LogP contribution in [0.25, 0.3) is 0 Å². The molecule has 1 aromatic carbocycles. The van der Waals surface area contributed by atoms with Crippen molar-refractivity contribution in [2.45, 2.75) is 38.6 Å². The van der Waals surface area contributed by atoms with E-state index in [-0.39, 0.29) is 12.6 Å². The summed E-state index contributed by atoms with van der Waals surface area (Å²) >= 11 is 0. The fourth-order valence-electron chi connectivity index (χ4n) is 1.90. The molecular formula is C14H23NO. The van der Waals surface area contributed by atoms with E-state index in [1.165, 1.54) is 17.5 Å². The van der Waals surface area contributed by atoms with Crippen LogP contribution in [-0.4, -0.2) is 18.8 Å². The SMILES string of the molecule is CCC(C)c1ccc(C(CCO)NC)cc1. The van der Waals surface area contributed by atoms with Crippen LogP contribution in [0.3, 0.4) is 0 Å². The molecule has 16 heavy (non-hydrogen) atoms. The Hall–Kier alpha value is -0.860. The zero-order valence-corrected chi connectivity index (χ0v) is 10.5. The van der Waals surface area contributed by atoms with Crippen LogP contribution in [0.4, 0.5) is 0 Å². The van der Waals surface area contributed by atoms with Gasteiger partial charge in [0, 0.05) is 12.6 Å². The van der Waals surface area contributed by atoms with Crippen molar-refractivity contribution in [2.24, 2.45) is 0 Å². The molecule has 0 aliphatic heterocycles. The predicted octanol–water partition coefficient (Wildman–Crippen LogP) is 2.84. The highest BCUT2D eigenvalue weighted by atomic mass is 16.3. The lowest BCUT2D eigenvalue weighted by Gasteiger charge is -2.16. The number of benzene rings is 1. The smallest absolute Gasteiger partial charge is 0.0449 e. The van der Waals surface area contributed by atoms with Crippen molar-refractivity contribution in [1.82, 2.24) is 5.32 Å². The first kappa shape index (κ1) is 13.2. The Labute approximate surface area is 98.7 Å². The lowest BCUT2D eigenvalue weighted by molar-refractivity contribution is 0.269. The van der Waals surface area contributed by atoms with Crippen molar-refractivity contribution in [3.63, 3.8) is 0 Å². The van der Waals surface area contributed by atoms with E-state index < -0.39 is 0 Å². The van der Waals surface area contributed by atoms with Crippen molar-refractivity contribution in [2.75, 3.05) is 13.7 Å². The Morgan fingerprint density at radius 3 is 2.19 bits per heavy atom. The molecule has 2 unspecified atom stereocenters. The minimum absolute atomic E-state index is 0.221. The molecular weight excluding hydrogens is 198 g/mol. The Balaban J connectivity index is 2.76. The Morgan fingerprint density at radius 1 is 1.19 bits per heavy atom. The third-order valence-electron chi connectivity index (χ3n) is 3.29. The zero-order chi connectivity index (χ0) is 12.0. The van der Waals surface area contributed by atoms with E-state index >= 15 is 0 Å². The number of hydrogen-bond donors (Lipinski definition) is 2. The van der Waals surface area contributed by atoms with Gasteiger partial charge in [-0.3, -0.25) is 0 Å². The number of rotatable bonds is 6. The standard InChI is InChI=1S/C14H23NO/c1-4-11(2)12-5-7-13(8-6-12)14(15-3)9-10-16/h5-8,11,14-16H,4,9-10H2,1-3H3. The number of aliphatic hydroxyl groups is 1. The molecule has 2 atom stereocenters. The van der Waals surface area contributed by atoms with Crippen molar-refractivity contribution < 1.29 is 5.11 Å². The molecule has 90 valence electrons. The van der Waals surface area contributed by atoms with Crippen LogP contribution >= 0.6 is 0 Å². The van der Waals surface area contributed by atoms with Crippen LogP contribution in [0, 0.1) is 0 Å². The van der Waals surface area contributed by atoms with Crippen molar-refractivity contribution in [1.29, 1.82) is 0 Å². The second-order valence-electron chi connectivity index (χ2n) is 4.33. The molecule has 0 amide bonds. The lowest BCUT2D eigenvalue weighted by Crippen LogP contribution is -2.17. The van der Waals surface area contributed by atoms with E-state index in [9.17, 15) is 0 Å². The molecule has 2 N–H and O–H groups in total. The Kier molecular flexibility index (Phi) is 5.50. The monoisotopic (exact) mass is 221 g/mol. The maximum absolute atomic E-state index is 8.97. The second kappa shape index (κ2) is 6.66. The summed E-state index contributed by atoms with van der Waals surface area (Å²) in [6.07, 6.45) is 1.94. The second-order valence-corrected chi connectivity index (χ2v) is 4.33. The molecule has 0 heterocycles. The molecule has 0 spiro atoms. The molecule has 0 bridgehead atoms. The average Bonchev–Trinajstić information content (AvgIpc) is 2.35. The van der Waals surface area contributed by atoms with Gasteiger partial charge in [-0.05, 0) is 36.9 Å². The molecule has 0 saturated heterocycles. The van der Waals surface area contributed by atoms with Gasteiger partial charge in [0.05, 0.1) is 0 Å². The third kappa shape index (κ3) is 3.32. The fraction of sp³-hybridized carbons (Fsp3) is 0.571. The van der Waals surface area contributed by atoms with Crippen LogP contribution < -0.4 is 5.32 Å². The van der Waals surface area contributed by atoms with Crippen LogP contribution in [0.1, 0.15) is 49.8 Å². The molecule has 2 heteroatoms. The summed E-state index contributed by atoms with van der Waals surface area (Å²) in [5.74, 6) is 0.625. The topological polar surface area (TPSA) is 32.3 Å². The summed E-state index contributed by atoms with van der Waals surface area (Å²) in [5, 5.41) is 12.2. The molecule has 2 nitrogen and oxygen atoms in total. The van der Waals surface area contributed by atoms with Gasteiger partial charge in [-0.2, -0.15) is 0 Å². The molecule has 0 saturated carbocycles. The largest absolute Gasteiger partial charge is 0.396 e. The van der Waals surface area contributed by atoms with Gasteiger partial charge in [0.25, 0.3) is 0 Å². The number of hydrogen-bond acceptors (Lipinski definition) is 2. The molecule has 0 radical (unpaired) electrons. The molecule has 0 aliphatic carbocycles. The number of aliphatic hydroxyl groups excluding tert-OH is 1. The highest BCUT2D eigenvalue weighted by molar-refractivity contribution is 5.27. The molecule has 0 fully saturated rings. The first-order valence-corrected chi connectivity index (χ1v) is 6.10. The van der Waals surface area contributed by atoms with Crippen LogP contribution in [0.15, 0.2) is 24.3 Å². The van der Waals surface area contributed by atoms with Gasteiger partial charge in [-0.25, -0.2) is 0 Å². The third-order valence-corrected chi connectivity index (χ3v) is 3.29. The summed E-state index contributed by atoms with van der Waals surface area (Å²) < 4.78 is 0. The molecule has 0 aliphatic rings. The van der Waals surface area contributed by atoms with Gasteiger partial charge in [0.15, 0.2) is 0 Å². The van der Waals surface area contributed by atoms with Gasteiger partial charge in [-0.15, -0.1) is 0 Å². The summed E-state index contributed by atoms with van der Waals surface area (Å²) in [7, 11) is 1.93. The van der Waals surface area contributed by atoms with E-state index in [2.05, 4.69) is 43.4 Å². The summed E-state index contributed by atoms with van der Waals surface area (Å²) in [4.78, 5) is 0. The van der Waals surface area contributed by atoms with Gasteiger partial charge >= 0.3 is 0 Å². The van der Waals surface area contributed by atoms with E-state index in [1.807, 2.05) is 7.05 Å². The highest BCUT2D eigenvalue weighted by Gasteiger charge is 2.09. The van der Waals surface area contributed by atoms with Crippen molar-refractivity contribution >= 4 is 0 Å². The lowest BCUT2D eigenvalue weighted by atomic mass is 9.95. The predicted molar refractivity (Wildman–Crippen MR) is 68.7 cm³/mol. The van der Waals surface area contributed by atoms with Gasteiger partial charge in [0.2, 0.25) is 0 Å². The van der Waals surface area contributed by atoms with Crippen LogP contribution in [0.2, 0.25) is 0 Å². The summed E-state index contributed by atoms with van der Waals surface area (Å²) in [6.45, 7) is 4.68. The molecule has 1 rings (SSSR count). The molecule has 0 aromatic heterocycles. The van der Waals surface area contributed by atoms with Crippen LogP contribution in [0.5, 0.6) is 0 Å². The maximum atomic E-state index is 8.97. The Morgan fingerprint density at radius 2 is 1.75 bits per heavy atom. The molecule has 1 aromatic rings. The van der Waals surface area contributed by atoms with E-state index in [1.54, 1.807) is 0 Å². The number of nitrogens with one attached hydrogen (secondary N) is 1. The normalized spacial score (nSPS) is 14.8. The minimum Gasteiger partial charge on any atom is -0.396 e. The summed E-state index contributed by atoms with van der Waals surface area (Å²) in [5.41, 5.74) is 2.65. The average molecular weight is 221 g/mol. The van der Waals surface area contributed by atoms with Crippen LogP contribution in [-0.2, 0) is 0 Å². The first-order valence-electron chi connectivity index (χ1n) is 6.10. The van der Waals surface area contributed by atoms with Crippen molar-refractivity contribution in [3.05, 3.63) is 35.4 Å². The highest BCUT2D eigenvalue weighted by Crippen LogP contribution is 2.22. The maximum Gasteiger partial charge on any atom is 0.0449 e. The van der Waals surface area contributed by atoms with E-state index in [4.69, 9.17) is 5.11 Å². The Bertz CT molecular complexity index is 294. The van der Waals surface area contributed by atoms with E-state index in [0.717, 1.165) is 6.42 Å². The quantitative estimate of drug-likeness (QED) is 0.774. The van der Waals surface area contributed by atoms with Gasteiger partial charge < -0.3 is 10.4 Å². The zero-order valence-electron chi connectivity index (χ0n) is 10.5. The van der Waals surface area contributed by atoms with Crippen molar-refractivity contribution in [3.8, 4) is 0 Å².